The topological polar surface area (TPSA) is 79.5 Å². The van der Waals surface area contributed by atoms with Gasteiger partial charge < -0.3 is 4.52 Å². The first kappa shape index (κ1) is 18.2. The van der Waals surface area contributed by atoms with Gasteiger partial charge in [0.1, 0.15) is 10.6 Å². The minimum Gasteiger partial charge on any atom is -0.356 e. The van der Waals surface area contributed by atoms with Crippen LogP contribution in [0.2, 0.25) is 0 Å². The van der Waals surface area contributed by atoms with E-state index in [4.69, 9.17) is 4.52 Å². The van der Waals surface area contributed by atoms with Gasteiger partial charge in [-0.1, -0.05) is 35.5 Å². The SMILES string of the molecule is O=S(=O)(c1cccc2cccnc12)N1CCN(Cc2noc3ccccc23)CC1. The Balaban J connectivity index is 1.33. The van der Waals surface area contributed by atoms with Crippen molar-refractivity contribution in [3.8, 4) is 0 Å². The molecule has 0 bridgehead atoms. The Morgan fingerprint density at radius 3 is 2.59 bits per heavy atom. The fraction of sp³-hybridized carbons (Fsp3) is 0.238. The number of hydrogen-bond donors (Lipinski definition) is 0. The summed E-state index contributed by atoms with van der Waals surface area (Å²) < 4.78 is 33.4. The van der Waals surface area contributed by atoms with Gasteiger partial charge in [0.15, 0.2) is 5.58 Å². The molecule has 0 amide bonds. The van der Waals surface area contributed by atoms with E-state index in [1.165, 1.54) is 0 Å². The quantitative estimate of drug-likeness (QED) is 0.517. The zero-order valence-corrected chi connectivity index (χ0v) is 16.5. The molecule has 3 heterocycles. The summed E-state index contributed by atoms with van der Waals surface area (Å²) >= 11 is 0. The Morgan fingerprint density at radius 2 is 1.72 bits per heavy atom. The first-order chi connectivity index (χ1) is 14.1. The van der Waals surface area contributed by atoms with E-state index in [-0.39, 0.29) is 4.90 Å². The molecule has 0 aliphatic carbocycles. The van der Waals surface area contributed by atoms with Gasteiger partial charge in [-0.3, -0.25) is 9.88 Å². The first-order valence-electron chi connectivity index (χ1n) is 9.52. The largest absolute Gasteiger partial charge is 0.356 e. The third kappa shape index (κ3) is 3.29. The highest BCUT2D eigenvalue weighted by Crippen LogP contribution is 2.25. The van der Waals surface area contributed by atoms with E-state index in [2.05, 4.69) is 15.0 Å². The maximum Gasteiger partial charge on any atom is 0.245 e. The zero-order valence-electron chi connectivity index (χ0n) is 15.7. The average Bonchev–Trinajstić information content (AvgIpc) is 3.16. The number of sulfonamides is 1. The Labute approximate surface area is 168 Å². The van der Waals surface area contributed by atoms with Crippen LogP contribution in [-0.4, -0.2) is 53.9 Å². The van der Waals surface area contributed by atoms with Crippen LogP contribution in [0.3, 0.4) is 0 Å². The fourth-order valence-electron chi connectivity index (χ4n) is 3.82. The predicted molar refractivity (Wildman–Crippen MR) is 110 cm³/mol. The number of para-hydroxylation sites is 2. The molecular formula is C21H20N4O3S. The van der Waals surface area contributed by atoms with E-state index in [1.54, 1.807) is 22.6 Å². The minimum absolute atomic E-state index is 0.270. The Kier molecular flexibility index (Phi) is 4.54. The smallest absolute Gasteiger partial charge is 0.245 e. The third-order valence-electron chi connectivity index (χ3n) is 5.37. The Morgan fingerprint density at radius 1 is 0.931 bits per heavy atom. The lowest BCUT2D eigenvalue weighted by atomic mass is 10.2. The van der Waals surface area contributed by atoms with E-state index in [9.17, 15) is 8.42 Å². The van der Waals surface area contributed by atoms with Crippen LogP contribution in [0.5, 0.6) is 0 Å². The lowest BCUT2D eigenvalue weighted by Gasteiger charge is -2.33. The summed E-state index contributed by atoms with van der Waals surface area (Å²) in [5, 5.41) is 6.01. The van der Waals surface area contributed by atoms with E-state index >= 15 is 0 Å². The molecule has 1 saturated heterocycles. The standard InChI is InChI=1S/C21H20N4O3S/c26-29(27,20-9-3-5-16-6-4-10-22-21(16)20)25-13-11-24(12-14-25)15-18-17-7-1-2-8-19(17)28-23-18/h1-10H,11-15H2. The van der Waals surface area contributed by atoms with Gasteiger partial charge in [-0.05, 0) is 24.3 Å². The monoisotopic (exact) mass is 408 g/mol. The Hall–Kier alpha value is -2.81. The number of fused-ring (bicyclic) bond motifs is 2. The summed E-state index contributed by atoms with van der Waals surface area (Å²) in [5.74, 6) is 0. The Bertz CT molecular complexity index is 1270. The minimum atomic E-state index is -3.60. The van der Waals surface area contributed by atoms with Gasteiger partial charge >= 0.3 is 0 Å². The summed E-state index contributed by atoms with van der Waals surface area (Å²) in [6.45, 7) is 2.78. The van der Waals surface area contributed by atoms with E-state index in [0.717, 1.165) is 22.0 Å². The molecule has 7 nitrogen and oxygen atoms in total. The van der Waals surface area contributed by atoms with Crippen molar-refractivity contribution in [2.45, 2.75) is 11.4 Å². The van der Waals surface area contributed by atoms with E-state index in [1.807, 2.05) is 42.5 Å². The van der Waals surface area contributed by atoms with Gasteiger partial charge in [-0.15, -0.1) is 0 Å². The molecule has 0 N–H and O–H groups in total. The predicted octanol–water partition coefficient (Wildman–Crippen LogP) is 2.88. The van der Waals surface area contributed by atoms with Gasteiger partial charge in [0.05, 0.1) is 5.52 Å². The summed E-state index contributed by atoms with van der Waals surface area (Å²) in [5.41, 5.74) is 2.17. The second-order valence-corrected chi connectivity index (χ2v) is 9.04. The molecule has 2 aromatic heterocycles. The maximum atomic E-state index is 13.2. The highest BCUT2D eigenvalue weighted by Gasteiger charge is 2.30. The van der Waals surface area contributed by atoms with Gasteiger partial charge in [0.2, 0.25) is 10.0 Å². The van der Waals surface area contributed by atoms with Crippen molar-refractivity contribution in [2.24, 2.45) is 0 Å². The van der Waals surface area contributed by atoms with Crippen LogP contribution in [0, 0.1) is 0 Å². The zero-order chi connectivity index (χ0) is 19.8. The maximum absolute atomic E-state index is 13.2. The molecule has 148 valence electrons. The number of rotatable bonds is 4. The van der Waals surface area contributed by atoms with Crippen LogP contribution in [-0.2, 0) is 16.6 Å². The summed E-state index contributed by atoms with van der Waals surface area (Å²) in [6, 6.07) is 16.7. The molecule has 1 aliphatic rings. The molecule has 5 rings (SSSR count). The molecule has 29 heavy (non-hydrogen) atoms. The molecule has 2 aromatic carbocycles. The molecule has 1 aliphatic heterocycles. The van der Waals surface area contributed by atoms with Crippen molar-refractivity contribution in [3.05, 3.63) is 66.5 Å². The van der Waals surface area contributed by atoms with Gasteiger partial charge in [0.25, 0.3) is 0 Å². The van der Waals surface area contributed by atoms with Crippen LogP contribution in [0.15, 0.2) is 70.2 Å². The normalized spacial score (nSPS) is 16.6. The number of piperazine rings is 1. The summed E-state index contributed by atoms with van der Waals surface area (Å²) in [4.78, 5) is 6.78. The highest BCUT2D eigenvalue weighted by molar-refractivity contribution is 7.89. The summed E-state index contributed by atoms with van der Waals surface area (Å²) in [7, 11) is -3.60. The van der Waals surface area contributed by atoms with Crippen LogP contribution in [0.25, 0.3) is 21.9 Å². The van der Waals surface area contributed by atoms with Gasteiger partial charge in [0, 0.05) is 49.7 Å². The first-order valence-corrected chi connectivity index (χ1v) is 11.0. The molecular weight excluding hydrogens is 388 g/mol. The van der Waals surface area contributed by atoms with Gasteiger partial charge in [-0.25, -0.2) is 8.42 Å². The number of benzene rings is 2. The molecule has 0 radical (unpaired) electrons. The van der Waals surface area contributed by atoms with Crippen molar-refractivity contribution < 1.29 is 12.9 Å². The van der Waals surface area contributed by atoms with Crippen LogP contribution in [0.4, 0.5) is 0 Å². The fourth-order valence-corrected chi connectivity index (χ4v) is 5.40. The second-order valence-electron chi connectivity index (χ2n) is 7.14. The van der Waals surface area contributed by atoms with Crippen molar-refractivity contribution in [2.75, 3.05) is 26.2 Å². The van der Waals surface area contributed by atoms with Crippen molar-refractivity contribution in [3.63, 3.8) is 0 Å². The summed E-state index contributed by atoms with van der Waals surface area (Å²) in [6.07, 6.45) is 1.63. The highest BCUT2D eigenvalue weighted by atomic mass is 32.2. The number of aromatic nitrogens is 2. The van der Waals surface area contributed by atoms with Crippen molar-refractivity contribution >= 4 is 31.9 Å². The average molecular weight is 408 g/mol. The van der Waals surface area contributed by atoms with E-state index in [0.29, 0.717) is 38.2 Å². The van der Waals surface area contributed by atoms with Gasteiger partial charge in [-0.2, -0.15) is 4.31 Å². The molecule has 0 unspecified atom stereocenters. The molecule has 8 heteroatoms. The molecule has 0 atom stereocenters. The lowest BCUT2D eigenvalue weighted by molar-refractivity contribution is 0.178. The number of hydrogen-bond acceptors (Lipinski definition) is 6. The number of pyridine rings is 1. The lowest BCUT2D eigenvalue weighted by Crippen LogP contribution is -2.48. The van der Waals surface area contributed by atoms with Crippen LogP contribution >= 0.6 is 0 Å². The van der Waals surface area contributed by atoms with E-state index < -0.39 is 10.0 Å². The molecule has 1 fully saturated rings. The van der Waals surface area contributed by atoms with Crippen molar-refractivity contribution in [1.29, 1.82) is 0 Å². The molecule has 0 saturated carbocycles. The number of nitrogens with zero attached hydrogens (tertiary/aromatic N) is 4. The molecule has 4 aromatic rings. The third-order valence-corrected chi connectivity index (χ3v) is 7.30. The van der Waals surface area contributed by atoms with Crippen LogP contribution < -0.4 is 0 Å². The van der Waals surface area contributed by atoms with Crippen molar-refractivity contribution in [1.82, 2.24) is 19.3 Å². The molecule has 0 spiro atoms. The van der Waals surface area contributed by atoms with Crippen LogP contribution in [0.1, 0.15) is 5.69 Å². The second kappa shape index (κ2) is 7.22.